The molecule has 1 spiro atoms. The van der Waals surface area contributed by atoms with Gasteiger partial charge in [-0.25, -0.2) is 0 Å². The second-order valence-electron chi connectivity index (χ2n) is 6.92. The van der Waals surface area contributed by atoms with Crippen molar-refractivity contribution in [3.05, 3.63) is 29.8 Å². The van der Waals surface area contributed by atoms with Crippen LogP contribution in [0.5, 0.6) is 5.75 Å². The van der Waals surface area contributed by atoms with Crippen LogP contribution in [0.4, 0.5) is 0 Å². The van der Waals surface area contributed by atoms with Crippen LogP contribution >= 0.6 is 0 Å². The molecule has 0 radical (unpaired) electrons. The fourth-order valence-corrected chi connectivity index (χ4v) is 3.78. The molecule has 5 heteroatoms. The van der Waals surface area contributed by atoms with Crippen LogP contribution in [0.25, 0.3) is 0 Å². The minimum absolute atomic E-state index is 0.0161. The molecule has 0 bridgehead atoms. The average molecular weight is 331 g/mol. The number of likely N-dealkylation sites (tertiary alicyclic amines) is 1. The van der Waals surface area contributed by atoms with Crippen LogP contribution in [-0.2, 0) is 16.0 Å². The van der Waals surface area contributed by atoms with Gasteiger partial charge in [0.25, 0.3) is 0 Å². The molecule has 5 nitrogen and oxygen atoms in total. The molecule has 1 aliphatic heterocycles. The Labute approximate surface area is 142 Å². The van der Waals surface area contributed by atoms with Crippen molar-refractivity contribution in [3.63, 3.8) is 0 Å². The summed E-state index contributed by atoms with van der Waals surface area (Å²) in [6, 6.07) is 7.89. The number of hydrogen-bond acceptors (Lipinski definition) is 3. The van der Waals surface area contributed by atoms with Crippen molar-refractivity contribution in [2.24, 2.45) is 11.3 Å². The predicted molar refractivity (Wildman–Crippen MR) is 89.9 cm³/mol. The number of carbonyl (C=O) groups is 2. The van der Waals surface area contributed by atoms with Crippen molar-refractivity contribution < 1.29 is 19.4 Å². The summed E-state index contributed by atoms with van der Waals surface area (Å²) in [5.74, 6) is 0.168. The minimum Gasteiger partial charge on any atom is -0.494 e. The SMILES string of the molecule is CCOc1ccc(CCC(=O)N2CCC3(CC2)CC3C(=O)O)cc1. The van der Waals surface area contributed by atoms with E-state index in [2.05, 4.69) is 0 Å². The summed E-state index contributed by atoms with van der Waals surface area (Å²) in [5, 5.41) is 9.12. The molecular formula is C19H25NO4. The van der Waals surface area contributed by atoms with Crippen LogP contribution in [-0.4, -0.2) is 41.6 Å². The van der Waals surface area contributed by atoms with Crippen LogP contribution in [0, 0.1) is 11.3 Å². The van der Waals surface area contributed by atoms with Crippen molar-refractivity contribution >= 4 is 11.9 Å². The molecule has 1 aromatic rings. The number of ether oxygens (including phenoxy) is 1. The summed E-state index contributed by atoms with van der Waals surface area (Å²) < 4.78 is 5.42. The second-order valence-corrected chi connectivity index (χ2v) is 6.92. The summed E-state index contributed by atoms with van der Waals surface area (Å²) >= 11 is 0. The van der Waals surface area contributed by atoms with E-state index in [0.717, 1.165) is 37.0 Å². The van der Waals surface area contributed by atoms with Crippen LogP contribution in [0.3, 0.4) is 0 Å². The number of aryl methyl sites for hydroxylation is 1. The van der Waals surface area contributed by atoms with Gasteiger partial charge in [0, 0.05) is 19.5 Å². The number of carboxylic acid groups (broad SMARTS) is 1. The molecule has 1 unspecified atom stereocenters. The number of piperidine rings is 1. The lowest BCUT2D eigenvalue weighted by atomic mass is 9.90. The lowest BCUT2D eigenvalue weighted by Gasteiger charge is -2.32. The molecule has 1 atom stereocenters. The van der Waals surface area contributed by atoms with E-state index in [1.54, 1.807) is 0 Å². The number of carboxylic acids is 1. The number of aliphatic carboxylic acids is 1. The zero-order valence-corrected chi connectivity index (χ0v) is 14.2. The first-order valence-corrected chi connectivity index (χ1v) is 8.76. The Bertz CT molecular complexity index is 602. The van der Waals surface area contributed by atoms with E-state index in [4.69, 9.17) is 9.84 Å². The zero-order chi connectivity index (χ0) is 17.2. The van der Waals surface area contributed by atoms with Gasteiger partial charge in [-0.2, -0.15) is 0 Å². The monoisotopic (exact) mass is 331 g/mol. The number of nitrogens with zero attached hydrogens (tertiary/aromatic N) is 1. The van der Waals surface area contributed by atoms with E-state index >= 15 is 0 Å². The normalized spacial score (nSPS) is 21.5. The molecule has 24 heavy (non-hydrogen) atoms. The zero-order valence-electron chi connectivity index (χ0n) is 14.2. The molecule has 1 aromatic carbocycles. The number of benzene rings is 1. The number of rotatable bonds is 6. The molecule has 2 aliphatic rings. The van der Waals surface area contributed by atoms with E-state index in [9.17, 15) is 9.59 Å². The first-order valence-electron chi connectivity index (χ1n) is 8.76. The molecule has 1 aliphatic carbocycles. The molecule has 130 valence electrons. The summed E-state index contributed by atoms with van der Waals surface area (Å²) in [4.78, 5) is 25.4. The van der Waals surface area contributed by atoms with E-state index < -0.39 is 5.97 Å². The Hall–Kier alpha value is -2.04. The van der Waals surface area contributed by atoms with Gasteiger partial charge < -0.3 is 14.7 Å². The van der Waals surface area contributed by atoms with Crippen molar-refractivity contribution in [1.82, 2.24) is 4.90 Å². The van der Waals surface area contributed by atoms with Gasteiger partial charge in [-0.1, -0.05) is 12.1 Å². The molecule has 0 aromatic heterocycles. The molecule has 1 N–H and O–H groups in total. The molecule has 1 amide bonds. The standard InChI is InChI=1S/C19H25NO4/c1-2-24-15-6-3-14(4-7-15)5-8-17(21)20-11-9-19(10-12-20)13-16(19)18(22)23/h3-4,6-7,16H,2,5,8-13H2,1H3,(H,22,23). The topological polar surface area (TPSA) is 66.8 Å². The molecule has 1 heterocycles. The number of carbonyl (C=O) groups excluding carboxylic acids is 1. The first kappa shape index (κ1) is 16.8. The largest absolute Gasteiger partial charge is 0.494 e. The third-order valence-corrected chi connectivity index (χ3v) is 5.46. The second kappa shape index (κ2) is 6.83. The Kier molecular flexibility index (Phi) is 4.78. The van der Waals surface area contributed by atoms with Crippen LogP contribution < -0.4 is 4.74 Å². The Balaban J connectivity index is 1.44. The van der Waals surface area contributed by atoms with E-state index in [1.165, 1.54) is 0 Å². The fourth-order valence-electron chi connectivity index (χ4n) is 3.78. The van der Waals surface area contributed by atoms with E-state index in [0.29, 0.717) is 26.1 Å². The average Bonchev–Trinajstić information content (AvgIpc) is 3.29. The molecule has 3 rings (SSSR count). The highest BCUT2D eigenvalue weighted by molar-refractivity contribution is 5.77. The van der Waals surface area contributed by atoms with Crippen LogP contribution in [0.2, 0.25) is 0 Å². The summed E-state index contributed by atoms with van der Waals surface area (Å²) in [6.07, 6.45) is 3.68. The summed E-state index contributed by atoms with van der Waals surface area (Å²) in [7, 11) is 0. The molecule has 1 saturated carbocycles. The Morgan fingerprint density at radius 1 is 1.25 bits per heavy atom. The lowest BCUT2D eigenvalue weighted by molar-refractivity contribution is -0.139. The molecule has 1 saturated heterocycles. The third-order valence-electron chi connectivity index (χ3n) is 5.46. The van der Waals surface area contributed by atoms with Gasteiger partial charge in [-0.05, 0) is 55.7 Å². The van der Waals surface area contributed by atoms with Crippen LogP contribution in [0.1, 0.15) is 38.2 Å². The highest BCUT2D eigenvalue weighted by Crippen LogP contribution is 2.59. The van der Waals surface area contributed by atoms with Gasteiger partial charge in [-0.15, -0.1) is 0 Å². The highest BCUT2D eigenvalue weighted by Gasteiger charge is 2.59. The van der Waals surface area contributed by atoms with Crippen molar-refractivity contribution in [3.8, 4) is 5.75 Å². The van der Waals surface area contributed by atoms with Gasteiger partial charge in [0.2, 0.25) is 5.91 Å². The number of amides is 1. The fraction of sp³-hybridized carbons (Fsp3) is 0.579. The van der Waals surface area contributed by atoms with E-state index in [-0.39, 0.29) is 17.2 Å². The Morgan fingerprint density at radius 2 is 1.92 bits per heavy atom. The van der Waals surface area contributed by atoms with Gasteiger partial charge in [-0.3, -0.25) is 9.59 Å². The summed E-state index contributed by atoms with van der Waals surface area (Å²) in [6.45, 7) is 4.00. The van der Waals surface area contributed by atoms with Gasteiger partial charge in [0.1, 0.15) is 5.75 Å². The molecule has 2 fully saturated rings. The summed E-state index contributed by atoms with van der Waals surface area (Å²) in [5.41, 5.74) is 1.12. The van der Waals surface area contributed by atoms with Crippen molar-refractivity contribution in [1.29, 1.82) is 0 Å². The smallest absolute Gasteiger partial charge is 0.307 e. The number of hydrogen-bond donors (Lipinski definition) is 1. The Morgan fingerprint density at radius 3 is 2.46 bits per heavy atom. The maximum Gasteiger partial charge on any atom is 0.307 e. The first-order chi connectivity index (χ1) is 11.5. The maximum absolute atomic E-state index is 12.4. The third kappa shape index (κ3) is 3.55. The quantitative estimate of drug-likeness (QED) is 0.870. The predicted octanol–water partition coefficient (Wildman–Crippen LogP) is 2.73. The minimum atomic E-state index is -0.676. The van der Waals surface area contributed by atoms with Gasteiger partial charge >= 0.3 is 5.97 Å². The lowest BCUT2D eigenvalue weighted by Crippen LogP contribution is -2.40. The van der Waals surface area contributed by atoms with Crippen molar-refractivity contribution in [2.45, 2.75) is 39.0 Å². The highest BCUT2D eigenvalue weighted by atomic mass is 16.5. The van der Waals surface area contributed by atoms with Gasteiger partial charge in [0.15, 0.2) is 0 Å². The van der Waals surface area contributed by atoms with Crippen molar-refractivity contribution in [2.75, 3.05) is 19.7 Å². The maximum atomic E-state index is 12.4. The van der Waals surface area contributed by atoms with E-state index in [1.807, 2.05) is 36.1 Å². The van der Waals surface area contributed by atoms with Gasteiger partial charge in [0.05, 0.1) is 12.5 Å². The molecular weight excluding hydrogens is 306 g/mol. The van der Waals surface area contributed by atoms with Crippen LogP contribution in [0.15, 0.2) is 24.3 Å².